The van der Waals surface area contributed by atoms with E-state index in [1.54, 1.807) is 0 Å². The van der Waals surface area contributed by atoms with E-state index in [-0.39, 0.29) is 0 Å². The van der Waals surface area contributed by atoms with E-state index in [9.17, 15) is 0 Å². The molecular weight excluding hydrogens is 238 g/mol. The second-order valence-corrected chi connectivity index (χ2v) is 6.56. The molecule has 0 bridgehead atoms. The van der Waals surface area contributed by atoms with Crippen molar-refractivity contribution in [2.24, 2.45) is 11.7 Å². The third-order valence-electron chi connectivity index (χ3n) is 3.88. The van der Waals surface area contributed by atoms with E-state index in [4.69, 9.17) is 5.73 Å². The van der Waals surface area contributed by atoms with Gasteiger partial charge in [-0.3, -0.25) is 0 Å². The lowest BCUT2D eigenvalue weighted by atomic mass is 9.85. The summed E-state index contributed by atoms with van der Waals surface area (Å²) in [6, 6.07) is 10.9. The lowest BCUT2D eigenvalue weighted by Crippen LogP contribution is -2.24. The van der Waals surface area contributed by atoms with E-state index in [1.165, 1.54) is 49.8 Å². The molecule has 1 fully saturated rings. The van der Waals surface area contributed by atoms with E-state index in [2.05, 4.69) is 30.3 Å². The van der Waals surface area contributed by atoms with Gasteiger partial charge >= 0.3 is 0 Å². The van der Waals surface area contributed by atoms with Crippen molar-refractivity contribution in [1.82, 2.24) is 0 Å². The van der Waals surface area contributed by atoms with Gasteiger partial charge in [-0.05, 0) is 30.9 Å². The van der Waals surface area contributed by atoms with Gasteiger partial charge in [0.15, 0.2) is 0 Å². The molecule has 0 radical (unpaired) electrons. The first-order valence-electron chi connectivity index (χ1n) is 7.28. The molecule has 100 valence electrons. The Morgan fingerprint density at radius 3 is 2.56 bits per heavy atom. The summed E-state index contributed by atoms with van der Waals surface area (Å²) in [5, 5.41) is 0. The summed E-state index contributed by atoms with van der Waals surface area (Å²) >= 11 is 1.89. The first kappa shape index (κ1) is 14.0. The smallest absolute Gasteiger partial charge is 0.0134 e. The van der Waals surface area contributed by atoms with Crippen LogP contribution in [0.4, 0.5) is 0 Å². The van der Waals surface area contributed by atoms with Crippen LogP contribution < -0.4 is 5.73 Å². The molecule has 0 saturated heterocycles. The summed E-state index contributed by atoms with van der Waals surface area (Å²) < 4.78 is 0. The highest BCUT2D eigenvalue weighted by Gasteiger charge is 2.14. The molecule has 0 aliphatic heterocycles. The molecule has 2 heteroatoms. The van der Waals surface area contributed by atoms with Gasteiger partial charge in [-0.1, -0.05) is 50.3 Å². The van der Waals surface area contributed by atoms with Crippen molar-refractivity contribution in [2.75, 3.05) is 5.75 Å². The zero-order valence-electron chi connectivity index (χ0n) is 11.2. The first-order valence-corrected chi connectivity index (χ1v) is 8.26. The van der Waals surface area contributed by atoms with E-state index < -0.39 is 0 Å². The highest BCUT2D eigenvalue weighted by molar-refractivity contribution is 7.99. The highest BCUT2D eigenvalue weighted by Crippen LogP contribution is 2.28. The van der Waals surface area contributed by atoms with Gasteiger partial charge in [0, 0.05) is 16.7 Å². The molecule has 1 aliphatic rings. The highest BCUT2D eigenvalue weighted by atomic mass is 32.2. The Balaban J connectivity index is 1.61. The standard InChI is InChI=1S/C16H25NS/c17-15(12-11-14-7-3-1-4-8-14)13-18-16-9-5-2-6-10-16/h2,5-6,9-10,14-15H,1,3-4,7-8,11-13,17H2. The predicted octanol–water partition coefficient (Wildman–Crippen LogP) is 4.47. The SMILES string of the molecule is NC(CCC1CCCCC1)CSc1ccccc1. The van der Waals surface area contributed by atoms with Gasteiger partial charge in [-0.2, -0.15) is 0 Å². The van der Waals surface area contributed by atoms with E-state index in [0.29, 0.717) is 6.04 Å². The van der Waals surface area contributed by atoms with Crippen LogP contribution in [0.5, 0.6) is 0 Å². The van der Waals surface area contributed by atoms with Crippen molar-refractivity contribution in [3.05, 3.63) is 30.3 Å². The van der Waals surface area contributed by atoms with Crippen molar-refractivity contribution >= 4 is 11.8 Å². The monoisotopic (exact) mass is 263 g/mol. The minimum atomic E-state index is 0.358. The van der Waals surface area contributed by atoms with E-state index >= 15 is 0 Å². The molecule has 1 aliphatic carbocycles. The number of nitrogens with two attached hydrogens (primary N) is 1. The fourth-order valence-electron chi connectivity index (χ4n) is 2.73. The van der Waals surface area contributed by atoms with Crippen LogP contribution in [0.15, 0.2) is 35.2 Å². The number of hydrogen-bond acceptors (Lipinski definition) is 2. The third kappa shape index (κ3) is 5.03. The summed E-state index contributed by atoms with van der Waals surface area (Å²) in [6.07, 6.45) is 9.77. The van der Waals surface area contributed by atoms with Crippen LogP contribution in [0.25, 0.3) is 0 Å². The lowest BCUT2D eigenvalue weighted by molar-refractivity contribution is 0.326. The minimum absolute atomic E-state index is 0.358. The van der Waals surface area contributed by atoms with Crippen LogP contribution in [-0.2, 0) is 0 Å². The number of rotatable bonds is 6. The average Bonchev–Trinajstić information content (AvgIpc) is 2.45. The predicted molar refractivity (Wildman–Crippen MR) is 81.0 cm³/mol. The quantitative estimate of drug-likeness (QED) is 0.766. The van der Waals surface area contributed by atoms with Crippen LogP contribution in [0.1, 0.15) is 44.9 Å². The molecule has 1 aromatic carbocycles. The summed E-state index contributed by atoms with van der Waals surface area (Å²) in [6.45, 7) is 0. The van der Waals surface area contributed by atoms with E-state index in [0.717, 1.165) is 11.7 Å². The Hall–Kier alpha value is -0.470. The van der Waals surface area contributed by atoms with Crippen molar-refractivity contribution in [3.63, 3.8) is 0 Å². The molecule has 1 saturated carbocycles. The fraction of sp³-hybridized carbons (Fsp3) is 0.625. The molecule has 2 N–H and O–H groups in total. The van der Waals surface area contributed by atoms with Crippen molar-refractivity contribution in [2.45, 2.75) is 55.9 Å². The van der Waals surface area contributed by atoms with Gasteiger partial charge in [-0.25, -0.2) is 0 Å². The Morgan fingerprint density at radius 2 is 1.83 bits per heavy atom. The van der Waals surface area contributed by atoms with Gasteiger partial charge in [0.05, 0.1) is 0 Å². The zero-order valence-corrected chi connectivity index (χ0v) is 12.0. The Morgan fingerprint density at radius 1 is 1.11 bits per heavy atom. The van der Waals surface area contributed by atoms with Crippen LogP contribution in [0, 0.1) is 5.92 Å². The maximum absolute atomic E-state index is 6.22. The molecule has 1 atom stereocenters. The van der Waals surface area contributed by atoms with Crippen molar-refractivity contribution in [3.8, 4) is 0 Å². The van der Waals surface area contributed by atoms with Gasteiger partial charge in [-0.15, -0.1) is 11.8 Å². The molecule has 0 amide bonds. The van der Waals surface area contributed by atoms with Crippen LogP contribution in [0.3, 0.4) is 0 Å². The van der Waals surface area contributed by atoms with Gasteiger partial charge in [0.2, 0.25) is 0 Å². The Labute approximate surface area is 116 Å². The first-order chi connectivity index (χ1) is 8.84. The van der Waals surface area contributed by atoms with Crippen molar-refractivity contribution in [1.29, 1.82) is 0 Å². The summed E-state index contributed by atoms with van der Waals surface area (Å²) in [7, 11) is 0. The molecular formula is C16H25NS. The molecule has 1 unspecified atom stereocenters. The third-order valence-corrected chi connectivity index (χ3v) is 5.08. The van der Waals surface area contributed by atoms with Crippen molar-refractivity contribution < 1.29 is 0 Å². The number of benzene rings is 1. The Bertz CT molecular complexity index is 319. The fourth-order valence-corrected chi connectivity index (χ4v) is 3.65. The summed E-state index contributed by atoms with van der Waals surface area (Å²) in [5.41, 5.74) is 6.22. The molecule has 2 rings (SSSR count). The molecule has 1 nitrogen and oxygen atoms in total. The average molecular weight is 263 g/mol. The van der Waals surface area contributed by atoms with Gasteiger partial charge in [0.1, 0.15) is 0 Å². The van der Waals surface area contributed by atoms with Crippen LogP contribution in [0.2, 0.25) is 0 Å². The molecule has 1 aromatic rings. The van der Waals surface area contributed by atoms with E-state index in [1.807, 2.05) is 11.8 Å². The Kier molecular flexibility index (Phi) is 6.09. The second-order valence-electron chi connectivity index (χ2n) is 5.47. The number of hydrogen-bond donors (Lipinski definition) is 1. The maximum atomic E-state index is 6.22. The molecule has 0 aromatic heterocycles. The topological polar surface area (TPSA) is 26.0 Å². The number of thioether (sulfide) groups is 1. The maximum Gasteiger partial charge on any atom is 0.0134 e. The second kappa shape index (κ2) is 7.85. The normalized spacial score (nSPS) is 18.7. The van der Waals surface area contributed by atoms with Crippen LogP contribution >= 0.6 is 11.8 Å². The minimum Gasteiger partial charge on any atom is -0.327 e. The molecule has 18 heavy (non-hydrogen) atoms. The van der Waals surface area contributed by atoms with Gasteiger partial charge < -0.3 is 5.73 Å². The lowest BCUT2D eigenvalue weighted by Gasteiger charge is -2.22. The van der Waals surface area contributed by atoms with Gasteiger partial charge in [0.25, 0.3) is 0 Å². The summed E-state index contributed by atoms with van der Waals surface area (Å²) in [4.78, 5) is 1.34. The zero-order chi connectivity index (χ0) is 12.6. The summed E-state index contributed by atoms with van der Waals surface area (Å²) in [5.74, 6) is 2.02. The molecule has 0 spiro atoms. The van der Waals surface area contributed by atoms with Crippen LogP contribution in [-0.4, -0.2) is 11.8 Å². The largest absolute Gasteiger partial charge is 0.327 e. The molecule has 0 heterocycles.